The number of fused-ring (bicyclic) bond motifs is 1. The number of rotatable bonds is 3. The van der Waals surface area contributed by atoms with Crippen molar-refractivity contribution in [1.29, 1.82) is 0 Å². The molecule has 0 radical (unpaired) electrons. The molecular weight excluding hydrogens is 278 g/mol. The Morgan fingerprint density at radius 2 is 1.74 bits per heavy atom. The van der Waals surface area contributed by atoms with Crippen LogP contribution in [0.1, 0.15) is 43.4 Å². The van der Waals surface area contributed by atoms with Crippen LogP contribution in [0.5, 0.6) is 0 Å². The molecule has 0 unspecified atom stereocenters. The Kier molecular flexibility index (Phi) is 4.21. The molecule has 118 valence electrons. The van der Waals surface area contributed by atoms with E-state index in [9.17, 15) is 0 Å². The van der Waals surface area contributed by atoms with Crippen molar-refractivity contribution in [2.45, 2.75) is 40.0 Å². The summed E-state index contributed by atoms with van der Waals surface area (Å²) >= 11 is 0. The van der Waals surface area contributed by atoms with E-state index in [4.69, 9.17) is 0 Å². The molecule has 0 saturated heterocycles. The van der Waals surface area contributed by atoms with Crippen LogP contribution in [0.15, 0.2) is 48.7 Å². The first-order valence-electron chi connectivity index (χ1n) is 8.53. The fourth-order valence-corrected chi connectivity index (χ4v) is 3.16. The summed E-state index contributed by atoms with van der Waals surface area (Å²) in [6, 6.07) is 16.0. The third kappa shape index (κ3) is 3.01. The molecule has 0 aliphatic carbocycles. The molecule has 2 aromatic carbocycles. The lowest BCUT2D eigenvalue weighted by Gasteiger charge is -2.11. The summed E-state index contributed by atoms with van der Waals surface area (Å²) in [6.45, 7) is 8.91. The molecule has 0 spiro atoms. The Balaban J connectivity index is 2.23. The second-order valence-electron chi connectivity index (χ2n) is 6.82. The van der Waals surface area contributed by atoms with Gasteiger partial charge in [-0.1, -0.05) is 45.0 Å². The number of aryl methyl sites for hydroxylation is 3. The molecule has 0 saturated carbocycles. The number of nitrogens with zero attached hydrogens (tertiary/aromatic N) is 1. The number of aromatic nitrogens is 1. The van der Waals surface area contributed by atoms with Crippen molar-refractivity contribution in [2.24, 2.45) is 7.05 Å². The van der Waals surface area contributed by atoms with E-state index < -0.39 is 0 Å². The molecule has 1 nitrogen and oxygen atoms in total. The van der Waals surface area contributed by atoms with Gasteiger partial charge >= 0.3 is 0 Å². The average molecular weight is 304 g/mol. The number of hydrogen-bond acceptors (Lipinski definition) is 0. The first-order chi connectivity index (χ1) is 11.0. The highest BCUT2D eigenvalue weighted by atomic mass is 14.9. The Bertz CT molecular complexity index is 859. The zero-order chi connectivity index (χ0) is 16.6. The highest BCUT2D eigenvalue weighted by Gasteiger charge is 2.15. The van der Waals surface area contributed by atoms with Crippen molar-refractivity contribution in [3.05, 3.63) is 65.4 Å². The van der Waals surface area contributed by atoms with Crippen LogP contribution in [0.2, 0.25) is 0 Å². The maximum Gasteiger partial charge on any atom is 0.213 e. The van der Waals surface area contributed by atoms with Crippen molar-refractivity contribution in [1.82, 2.24) is 0 Å². The molecule has 23 heavy (non-hydrogen) atoms. The second-order valence-corrected chi connectivity index (χ2v) is 6.82. The van der Waals surface area contributed by atoms with Crippen molar-refractivity contribution in [3.63, 3.8) is 0 Å². The number of hydrogen-bond donors (Lipinski definition) is 0. The molecule has 1 heteroatoms. The van der Waals surface area contributed by atoms with Gasteiger partial charge in [0.1, 0.15) is 7.05 Å². The third-order valence-electron chi connectivity index (χ3n) is 4.77. The lowest BCUT2D eigenvalue weighted by Crippen LogP contribution is -2.30. The molecule has 1 aromatic heterocycles. The predicted octanol–water partition coefficient (Wildman–Crippen LogP) is 5.33. The summed E-state index contributed by atoms with van der Waals surface area (Å²) < 4.78 is 2.25. The van der Waals surface area contributed by atoms with Crippen LogP contribution >= 0.6 is 0 Å². The smallest absolute Gasteiger partial charge is 0.200 e. The Morgan fingerprint density at radius 3 is 2.43 bits per heavy atom. The maximum absolute atomic E-state index is 2.35. The van der Waals surface area contributed by atoms with Crippen LogP contribution < -0.4 is 4.57 Å². The van der Waals surface area contributed by atoms with Crippen molar-refractivity contribution in [3.8, 4) is 11.3 Å². The number of pyridine rings is 1. The van der Waals surface area contributed by atoms with Gasteiger partial charge in [0, 0.05) is 17.0 Å². The first kappa shape index (κ1) is 15.7. The van der Waals surface area contributed by atoms with Gasteiger partial charge in [-0.3, -0.25) is 0 Å². The van der Waals surface area contributed by atoms with E-state index in [1.165, 1.54) is 38.7 Å². The minimum atomic E-state index is 0.548. The zero-order valence-electron chi connectivity index (χ0n) is 14.9. The van der Waals surface area contributed by atoms with Gasteiger partial charge in [-0.2, -0.15) is 0 Å². The molecule has 0 atom stereocenters. The standard InChI is InChI=1S/C22H26N/c1-6-17-8-10-19-14-23(5)22(13-20(19)11-17)21-12-18(15(2)3)9-7-16(21)4/h7-15H,6H2,1-5H3/q+1. The minimum Gasteiger partial charge on any atom is -0.200 e. The summed E-state index contributed by atoms with van der Waals surface area (Å²) in [5, 5.41) is 2.62. The van der Waals surface area contributed by atoms with Crippen LogP contribution in [-0.2, 0) is 13.5 Å². The molecule has 0 N–H and O–H groups in total. The predicted molar refractivity (Wildman–Crippen MR) is 98.8 cm³/mol. The third-order valence-corrected chi connectivity index (χ3v) is 4.77. The molecule has 3 aromatic rings. The van der Waals surface area contributed by atoms with Gasteiger partial charge in [-0.05, 0) is 53.5 Å². The van der Waals surface area contributed by atoms with Gasteiger partial charge in [0.15, 0.2) is 6.20 Å². The summed E-state index contributed by atoms with van der Waals surface area (Å²) in [6.07, 6.45) is 3.32. The van der Waals surface area contributed by atoms with E-state index in [-0.39, 0.29) is 0 Å². The fraction of sp³-hybridized carbons (Fsp3) is 0.318. The van der Waals surface area contributed by atoms with Gasteiger partial charge in [0.2, 0.25) is 5.69 Å². The zero-order valence-corrected chi connectivity index (χ0v) is 14.9. The van der Waals surface area contributed by atoms with Crippen molar-refractivity contribution >= 4 is 10.8 Å². The van der Waals surface area contributed by atoms with Gasteiger partial charge in [-0.25, -0.2) is 4.57 Å². The van der Waals surface area contributed by atoms with Gasteiger partial charge in [0.05, 0.1) is 0 Å². The van der Waals surface area contributed by atoms with Crippen LogP contribution in [0.4, 0.5) is 0 Å². The van der Waals surface area contributed by atoms with Crippen LogP contribution in [-0.4, -0.2) is 0 Å². The molecule has 0 amide bonds. The molecule has 3 rings (SSSR count). The van der Waals surface area contributed by atoms with E-state index in [0.717, 1.165) is 6.42 Å². The van der Waals surface area contributed by atoms with E-state index >= 15 is 0 Å². The van der Waals surface area contributed by atoms with Gasteiger partial charge in [0.25, 0.3) is 0 Å². The Labute approximate surface area is 139 Å². The van der Waals surface area contributed by atoms with E-state index in [1.807, 2.05) is 0 Å². The van der Waals surface area contributed by atoms with E-state index in [2.05, 4.69) is 88.0 Å². The molecule has 0 aliphatic heterocycles. The van der Waals surface area contributed by atoms with Crippen LogP contribution in [0.3, 0.4) is 0 Å². The second kappa shape index (κ2) is 6.16. The Morgan fingerprint density at radius 1 is 0.957 bits per heavy atom. The van der Waals surface area contributed by atoms with Gasteiger partial charge in [-0.15, -0.1) is 0 Å². The van der Waals surface area contributed by atoms with Crippen LogP contribution in [0.25, 0.3) is 22.0 Å². The minimum absolute atomic E-state index is 0.548. The quantitative estimate of drug-likeness (QED) is 0.576. The first-order valence-corrected chi connectivity index (χ1v) is 8.53. The molecule has 0 fully saturated rings. The normalized spacial score (nSPS) is 11.4. The Hall–Kier alpha value is -2.15. The topological polar surface area (TPSA) is 3.88 Å². The highest BCUT2D eigenvalue weighted by molar-refractivity contribution is 5.84. The average Bonchev–Trinajstić information content (AvgIpc) is 2.54. The van der Waals surface area contributed by atoms with E-state index in [0.29, 0.717) is 5.92 Å². The summed E-state index contributed by atoms with van der Waals surface area (Å²) in [7, 11) is 2.14. The number of benzene rings is 2. The monoisotopic (exact) mass is 304 g/mol. The SMILES string of the molecule is CCc1ccc2c[n+](C)c(-c3cc(C(C)C)ccc3C)cc2c1. The summed E-state index contributed by atoms with van der Waals surface area (Å²) in [5.74, 6) is 0.548. The molecule has 0 aliphatic rings. The fourth-order valence-electron chi connectivity index (χ4n) is 3.16. The van der Waals surface area contributed by atoms with Crippen molar-refractivity contribution < 1.29 is 4.57 Å². The highest BCUT2D eigenvalue weighted by Crippen LogP contribution is 2.27. The molecule has 1 heterocycles. The molecule has 0 bridgehead atoms. The maximum atomic E-state index is 2.35. The molecular formula is C22H26N+. The summed E-state index contributed by atoms with van der Waals surface area (Å²) in [5.41, 5.74) is 6.74. The lowest BCUT2D eigenvalue weighted by molar-refractivity contribution is -0.659. The van der Waals surface area contributed by atoms with Gasteiger partial charge < -0.3 is 0 Å². The summed E-state index contributed by atoms with van der Waals surface area (Å²) in [4.78, 5) is 0. The van der Waals surface area contributed by atoms with Crippen LogP contribution in [0, 0.1) is 6.92 Å². The van der Waals surface area contributed by atoms with E-state index in [1.54, 1.807) is 0 Å². The largest absolute Gasteiger partial charge is 0.213 e. The lowest BCUT2D eigenvalue weighted by atomic mass is 9.95. The van der Waals surface area contributed by atoms with Crippen molar-refractivity contribution in [2.75, 3.05) is 0 Å².